The van der Waals surface area contributed by atoms with Crippen LogP contribution in [0.15, 0.2) is 54.6 Å². The second-order valence-electron chi connectivity index (χ2n) is 5.69. The topological polar surface area (TPSA) is 37.4 Å². The molecule has 1 saturated heterocycles. The Morgan fingerprint density at radius 1 is 0.810 bits per heavy atom. The number of nitrogens with zero attached hydrogens (tertiary/aromatic N) is 1. The van der Waals surface area contributed by atoms with Crippen LogP contribution in [0.25, 0.3) is 0 Å². The summed E-state index contributed by atoms with van der Waals surface area (Å²) in [7, 11) is 0. The van der Waals surface area contributed by atoms with E-state index < -0.39 is 0 Å². The molecule has 0 radical (unpaired) electrons. The van der Waals surface area contributed by atoms with Crippen molar-refractivity contribution in [1.29, 1.82) is 0 Å². The Morgan fingerprint density at radius 2 is 1.48 bits per heavy atom. The highest BCUT2D eigenvalue weighted by Gasteiger charge is 2.45. The second kappa shape index (κ2) is 4.55. The molecule has 2 atom stereocenters. The molecule has 2 aromatic carbocycles. The van der Waals surface area contributed by atoms with Gasteiger partial charge >= 0.3 is 0 Å². The molecule has 0 spiro atoms. The zero-order valence-electron chi connectivity index (χ0n) is 11.5. The van der Waals surface area contributed by atoms with Gasteiger partial charge in [0.15, 0.2) is 0 Å². The first-order valence-corrected chi connectivity index (χ1v) is 7.24. The van der Waals surface area contributed by atoms with Crippen LogP contribution in [-0.2, 0) is 4.79 Å². The Bertz CT molecular complexity index is 723. The summed E-state index contributed by atoms with van der Waals surface area (Å²) in [6, 6.07) is 17.3. The smallest absolute Gasteiger partial charge is 0.255 e. The monoisotopic (exact) mass is 277 g/mol. The van der Waals surface area contributed by atoms with Crippen molar-refractivity contribution in [3.05, 3.63) is 71.3 Å². The van der Waals surface area contributed by atoms with Gasteiger partial charge in [-0.2, -0.15) is 0 Å². The lowest BCUT2D eigenvalue weighted by Gasteiger charge is -2.37. The van der Waals surface area contributed by atoms with Crippen molar-refractivity contribution in [3.63, 3.8) is 0 Å². The van der Waals surface area contributed by atoms with Crippen molar-refractivity contribution in [2.75, 3.05) is 0 Å². The molecule has 0 aliphatic carbocycles. The molecule has 0 bridgehead atoms. The Labute approximate surface area is 123 Å². The molecule has 3 nitrogen and oxygen atoms in total. The van der Waals surface area contributed by atoms with Crippen LogP contribution in [0.5, 0.6) is 0 Å². The zero-order valence-corrected chi connectivity index (χ0v) is 11.5. The van der Waals surface area contributed by atoms with Crippen LogP contribution in [0.4, 0.5) is 0 Å². The third kappa shape index (κ3) is 1.81. The highest BCUT2D eigenvalue weighted by molar-refractivity contribution is 6.01. The molecule has 104 valence electrons. The molecule has 0 N–H and O–H groups in total. The van der Waals surface area contributed by atoms with Crippen molar-refractivity contribution < 1.29 is 9.59 Å². The Kier molecular flexibility index (Phi) is 2.67. The van der Waals surface area contributed by atoms with Crippen LogP contribution in [0.1, 0.15) is 46.4 Å². The van der Waals surface area contributed by atoms with E-state index in [1.807, 2.05) is 59.5 Å². The first-order valence-electron chi connectivity index (χ1n) is 7.24. The van der Waals surface area contributed by atoms with Gasteiger partial charge in [0.25, 0.3) is 5.91 Å². The van der Waals surface area contributed by atoms with Gasteiger partial charge in [-0.15, -0.1) is 0 Å². The first-order chi connectivity index (χ1) is 10.3. The third-order valence-electron chi connectivity index (χ3n) is 4.48. The predicted octanol–water partition coefficient (Wildman–Crippen LogP) is 3.29. The molecule has 1 fully saturated rings. The number of fused-ring (bicyclic) bond motifs is 3. The zero-order chi connectivity index (χ0) is 14.4. The molecule has 2 heterocycles. The molecule has 2 aliphatic rings. The summed E-state index contributed by atoms with van der Waals surface area (Å²) >= 11 is 0. The number of ketones is 1. The van der Waals surface area contributed by atoms with Gasteiger partial charge in [-0.05, 0) is 17.2 Å². The standard InChI is InChI=1S/C18H15NO2/c20-13-10-16(12-6-2-1-3-7-12)19-17(11-13)14-8-4-5-9-15(14)18(19)21/h1-9,16-17H,10-11H2/t16-,17-/m1/s1. The fourth-order valence-electron chi connectivity index (χ4n) is 3.55. The van der Waals surface area contributed by atoms with E-state index in [0.717, 1.165) is 16.7 Å². The van der Waals surface area contributed by atoms with E-state index in [-0.39, 0.29) is 23.8 Å². The van der Waals surface area contributed by atoms with Crippen LogP contribution in [0.3, 0.4) is 0 Å². The minimum Gasteiger partial charge on any atom is -0.324 e. The molecule has 2 aliphatic heterocycles. The van der Waals surface area contributed by atoms with E-state index in [9.17, 15) is 9.59 Å². The third-order valence-corrected chi connectivity index (χ3v) is 4.48. The number of amides is 1. The number of rotatable bonds is 1. The number of hydrogen-bond acceptors (Lipinski definition) is 2. The van der Waals surface area contributed by atoms with Crippen molar-refractivity contribution in [2.24, 2.45) is 0 Å². The summed E-state index contributed by atoms with van der Waals surface area (Å²) < 4.78 is 0. The van der Waals surface area contributed by atoms with Gasteiger partial charge < -0.3 is 4.90 Å². The maximum absolute atomic E-state index is 12.7. The van der Waals surface area contributed by atoms with E-state index in [0.29, 0.717) is 12.8 Å². The van der Waals surface area contributed by atoms with Gasteiger partial charge in [0, 0.05) is 18.4 Å². The van der Waals surface area contributed by atoms with E-state index in [1.165, 1.54) is 0 Å². The summed E-state index contributed by atoms with van der Waals surface area (Å²) in [5, 5.41) is 0. The van der Waals surface area contributed by atoms with E-state index in [2.05, 4.69) is 0 Å². The van der Waals surface area contributed by atoms with Gasteiger partial charge in [0.05, 0.1) is 12.1 Å². The van der Waals surface area contributed by atoms with Crippen LogP contribution in [0, 0.1) is 0 Å². The highest BCUT2D eigenvalue weighted by atomic mass is 16.2. The lowest BCUT2D eigenvalue weighted by atomic mass is 9.89. The Balaban J connectivity index is 1.82. The van der Waals surface area contributed by atoms with Gasteiger partial charge in [0.2, 0.25) is 0 Å². The molecule has 2 aromatic rings. The maximum atomic E-state index is 12.7. The SMILES string of the molecule is O=C1C[C@H](c2ccccc2)N2C(=O)c3ccccc3[C@H]2C1. The van der Waals surface area contributed by atoms with Gasteiger partial charge in [-0.1, -0.05) is 48.5 Å². The van der Waals surface area contributed by atoms with Crippen LogP contribution in [0.2, 0.25) is 0 Å². The molecule has 3 heteroatoms. The van der Waals surface area contributed by atoms with Gasteiger partial charge in [-0.3, -0.25) is 9.59 Å². The lowest BCUT2D eigenvalue weighted by Crippen LogP contribution is -2.38. The maximum Gasteiger partial charge on any atom is 0.255 e. The second-order valence-corrected chi connectivity index (χ2v) is 5.69. The minimum atomic E-state index is -0.141. The molecule has 21 heavy (non-hydrogen) atoms. The van der Waals surface area contributed by atoms with Gasteiger partial charge in [0.1, 0.15) is 5.78 Å². The highest BCUT2D eigenvalue weighted by Crippen LogP contribution is 2.46. The molecule has 0 aromatic heterocycles. The first kappa shape index (κ1) is 12.3. The molecule has 0 unspecified atom stereocenters. The van der Waals surface area contributed by atoms with Crippen molar-refractivity contribution in [1.82, 2.24) is 4.90 Å². The average molecular weight is 277 g/mol. The number of benzene rings is 2. The van der Waals surface area contributed by atoms with Crippen LogP contribution >= 0.6 is 0 Å². The molecular formula is C18H15NO2. The summed E-state index contributed by atoms with van der Waals surface area (Å²) in [6.45, 7) is 0. The Hall–Kier alpha value is -2.42. The minimum absolute atomic E-state index is 0.0527. The number of Topliss-reactive ketones (excluding diaryl/α,β-unsaturated/α-hetero) is 1. The normalized spacial score (nSPS) is 23.9. The van der Waals surface area contributed by atoms with Crippen LogP contribution in [-0.4, -0.2) is 16.6 Å². The van der Waals surface area contributed by atoms with Crippen LogP contribution < -0.4 is 0 Å². The Morgan fingerprint density at radius 3 is 2.29 bits per heavy atom. The van der Waals surface area contributed by atoms with E-state index >= 15 is 0 Å². The summed E-state index contributed by atoms with van der Waals surface area (Å²) in [5.74, 6) is 0.284. The quantitative estimate of drug-likeness (QED) is 0.802. The van der Waals surface area contributed by atoms with E-state index in [1.54, 1.807) is 0 Å². The molecular weight excluding hydrogens is 262 g/mol. The average Bonchev–Trinajstić information content (AvgIpc) is 2.81. The molecule has 4 rings (SSSR count). The number of hydrogen-bond donors (Lipinski definition) is 0. The number of carbonyl (C=O) groups is 2. The summed E-state index contributed by atoms with van der Waals surface area (Å²) in [6.07, 6.45) is 0.854. The predicted molar refractivity (Wildman–Crippen MR) is 78.8 cm³/mol. The molecule has 0 saturated carbocycles. The lowest BCUT2D eigenvalue weighted by molar-refractivity contribution is -0.124. The summed E-state index contributed by atoms with van der Waals surface area (Å²) in [4.78, 5) is 26.8. The van der Waals surface area contributed by atoms with Crippen molar-refractivity contribution >= 4 is 11.7 Å². The fourth-order valence-corrected chi connectivity index (χ4v) is 3.55. The summed E-state index contributed by atoms with van der Waals surface area (Å²) in [5.41, 5.74) is 2.78. The molecule has 1 amide bonds. The van der Waals surface area contributed by atoms with Crippen molar-refractivity contribution in [2.45, 2.75) is 24.9 Å². The fraction of sp³-hybridized carbons (Fsp3) is 0.222. The van der Waals surface area contributed by atoms with E-state index in [4.69, 9.17) is 0 Å². The number of piperidine rings is 1. The van der Waals surface area contributed by atoms with Crippen molar-refractivity contribution in [3.8, 4) is 0 Å². The van der Waals surface area contributed by atoms with Gasteiger partial charge in [-0.25, -0.2) is 0 Å². The number of carbonyl (C=O) groups excluding carboxylic acids is 2. The largest absolute Gasteiger partial charge is 0.324 e.